The van der Waals surface area contributed by atoms with Gasteiger partial charge in [-0.2, -0.15) is 36.2 Å². The van der Waals surface area contributed by atoms with Gasteiger partial charge in [-0.1, -0.05) is 0 Å². The fraction of sp³-hybridized carbons (Fsp3) is 0.909. The molecule has 0 saturated carbocycles. The number of nitrogens with zero attached hydrogens (tertiary/aromatic N) is 1. The van der Waals surface area contributed by atoms with Crippen molar-refractivity contribution in [3.8, 4) is 0 Å². The molecule has 0 radical (unpaired) electrons. The molecule has 2 saturated heterocycles. The Labute approximate surface area is 128 Å². The van der Waals surface area contributed by atoms with Crippen LogP contribution in [0.25, 0.3) is 0 Å². The highest BCUT2D eigenvalue weighted by molar-refractivity contribution is 8.06. The topological polar surface area (TPSA) is 86.7 Å². The maximum Gasteiger partial charge on any atom is 0.307 e. The smallest absolute Gasteiger partial charge is 0.307 e. The first-order valence-corrected chi connectivity index (χ1v) is 10.3. The van der Waals surface area contributed by atoms with E-state index in [1.165, 1.54) is 4.31 Å². The van der Waals surface area contributed by atoms with E-state index in [2.05, 4.69) is 4.72 Å². The molecule has 2 aliphatic heterocycles. The van der Waals surface area contributed by atoms with Gasteiger partial charge in [-0.15, -0.1) is 0 Å². The average molecular weight is 340 g/mol. The van der Waals surface area contributed by atoms with Gasteiger partial charge in [0.1, 0.15) is 0 Å². The summed E-state index contributed by atoms with van der Waals surface area (Å²) in [5, 5.41) is 9.32. The first-order valence-electron chi connectivity index (χ1n) is 6.66. The molecule has 2 fully saturated rings. The molecule has 0 aromatic rings. The van der Waals surface area contributed by atoms with Gasteiger partial charge < -0.3 is 5.11 Å². The zero-order valence-corrected chi connectivity index (χ0v) is 13.6. The van der Waals surface area contributed by atoms with E-state index in [1.807, 2.05) is 11.8 Å². The zero-order chi connectivity index (χ0) is 14.6. The molecule has 0 bridgehead atoms. The van der Waals surface area contributed by atoms with Crippen molar-refractivity contribution >= 4 is 39.7 Å². The van der Waals surface area contributed by atoms with Crippen molar-refractivity contribution in [3.05, 3.63) is 0 Å². The monoisotopic (exact) mass is 340 g/mol. The Bertz CT molecular complexity index is 437. The highest BCUT2D eigenvalue weighted by Gasteiger charge is 2.32. The zero-order valence-electron chi connectivity index (χ0n) is 11.2. The number of hydrogen-bond acceptors (Lipinski definition) is 5. The molecule has 0 spiro atoms. The van der Waals surface area contributed by atoms with Crippen LogP contribution in [0.5, 0.6) is 0 Å². The fourth-order valence-electron chi connectivity index (χ4n) is 2.31. The lowest BCUT2D eigenvalue weighted by Crippen LogP contribution is -2.48. The van der Waals surface area contributed by atoms with Gasteiger partial charge in [0.15, 0.2) is 0 Å². The number of nitrogens with one attached hydrogen (secondary N) is 1. The molecular weight excluding hydrogens is 320 g/mol. The Kier molecular flexibility index (Phi) is 6.03. The highest BCUT2D eigenvalue weighted by Crippen LogP contribution is 2.24. The molecule has 2 atom stereocenters. The van der Waals surface area contributed by atoms with Gasteiger partial charge in [-0.25, -0.2) is 4.72 Å². The molecule has 2 rings (SSSR count). The molecule has 2 unspecified atom stereocenters. The van der Waals surface area contributed by atoms with Crippen LogP contribution in [0, 0.1) is 5.92 Å². The summed E-state index contributed by atoms with van der Waals surface area (Å²) in [6.45, 7) is 0.914. The van der Waals surface area contributed by atoms with Crippen molar-refractivity contribution < 1.29 is 18.3 Å². The van der Waals surface area contributed by atoms with Crippen LogP contribution in [0.1, 0.15) is 12.8 Å². The van der Waals surface area contributed by atoms with E-state index in [-0.39, 0.29) is 6.54 Å². The molecule has 0 amide bonds. The average Bonchev–Trinajstić information content (AvgIpc) is 2.46. The summed E-state index contributed by atoms with van der Waals surface area (Å²) in [5.74, 6) is 1.65. The second kappa shape index (κ2) is 7.35. The summed E-state index contributed by atoms with van der Waals surface area (Å²) in [5.41, 5.74) is 0. The van der Waals surface area contributed by atoms with Crippen LogP contribution in [-0.4, -0.2) is 65.9 Å². The molecule has 20 heavy (non-hydrogen) atoms. The van der Waals surface area contributed by atoms with Gasteiger partial charge in [0.25, 0.3) is 10.2 Å². The number of piperidine rings is 1. The normalized spacial score (nSPS) is 29.2. The van der Waals surface area contributed by atoms with E-state index in [0.717, 1.165) is 17.3 Å². The van der Waals surface area contributed by atoms with E-state index in [4.69, 9.17) is 5.11 Å². The molecule has 0 aromatic carbocycles. The summed E-state index contributed by atoms with van der Waals surface area (Å²) >= 11 is 3.64. The lowest BCUT2D eigenvalue weighted by atomic mass is 10.0. The van der Waals surface area contributed by atoms with Crippen LogP contribution >= 0.6 is 23.5 Å². The van der Waals surface area contributed by atoms with Crippen LogP contribution in [0.2, 0.25) is 0 Å². The van der Waals surface area contributed by atoms with E-state index >= 15 is 0 Å². The summed E-state index contributed by atoms with van der Waals surface area (Å²) in [7, 11) is -3.55. The Balaban J connectivity index is 1.87. The standard InChI is InChI=1S/C11H20N2O4S3/c14-11(15)9-2-1-3-13(7-9)20(16,17)12-6-10-8-18-4-5-19-10/h9-10,12H,1-8H2,(H,14,15). The van der Waals surface area contributed by atoms with Crippen LogP contribution in [0.3, 0.4) is 0 Å². The second-order valence-corrected chi connectivity index (χ2v) is 9.27. The van der Waals surface area contributed by atoms with Crippen LogP contribution in [-0.2, 0) is 15.0 Å². The summed E-state index contributed by atoms with van der Waals surface area (Å²) < 4.78 is 28.3. The van der Waals surface area contributed by atoms with Crippen molar-refractivity contribution in [1.29, 1.82) is 0 Å². The maximum absolute atomic E-state index is 12.2. The molecule has 2 N–H and O–H groups in total. The first kappa shape index (κ1) is 16.4. The minimum absolute atomic E-state index is 0.0806. The third kappa shape index (κ3) is 4.52. The molecule has 0 aromatic heterocycles. The number of aliphatic carboxylic acids is 1. The minimum atomic E-state index is -3.55. The van der Waals surface area contributed by atoms with Crippen molar-refractivity contribution in [2.24, 2.45) is 5.92 Å². The number of rotatable bonds is 5. The third-order valence-corrected chi connectivity index (χ3v) is 7.84. The number of carboxylic acids is 1. The molecule has 6 nitrogen and oxygen atoms in total. The maximum atomic E-state index is 12.2. The highest BCUT2D eigenvalue weighted by atomic mass is 32.2. The van der Waals surface area contributed by atoms with Gasteiger partial charge in [0.2, 0.25) is 0 Å². The SMILES string of the molecule is O=C(O)C1CCCN(S(=O)(=O)NCC2CSCCS2)C1. The Morgan fingerprint density at radius 1 is 1.40 bits per heavy atom. The first-order chi connectivity index (χ1) is 9.49. The van der Waals surface area contributed by atoms with Crippen LogP contribution in [0.4, 0.5) is 0 Å². The number of hydrogen-bond donors (Lipinski definition) is 2. The van der Waals surface area contributed by atoms with E-state index in [1.54, 1.807) is 11.8 Å². The van der Waals surface area contributed by atoms with Gasteiger partial charge in [-0.3, -0.25) is 4.79 Å². The lowest BCUT2D eigenvalue weighted by molar-refractivity contribution is -0.142. The number of carbonyl (C=O) groups is 1. The minimum Gasteiger partial charge on any atom is -0.481 e. The molecule has 2 aliphatic rings. The quantitative estimate of drug-likeness (QED) is 0.756. The predicted octanol–water partition coefficient (Wildman–Crippen LogP) is 0.466. The van der Waals surface area contributed by atoms with E-state index in [9.17, 15) is 13.2 Å². The summed E-state index contributed by atoms with van der Waals surface area (Å²) in [4.78, 5) is 11.0. The molecule has 9 heteroatoms. The predicted molar refractivity (Wildman–Crippen MR) is 82.4 cm³/mol. The van der Waals surface area contributed by atoms with E-state index in [0.29, 0.717) is 31.2 Å². The van der Waals surface area contributed by atoms with Gasteiger partial charge in [-0.05, 0) is 12.8 Å². The molecule has 0 aliphatic carbocycles. The molecule has 2 heterocycles. The Morgan fingerprint density at radius 2 is 2.20 bits per heavy atom. The van der Waals surface area contributed by atoms with Crippen LogP contribution < -0.4 is 4.72 Å². The second-order valence-electron chi connectivity index (χ2n) is 4.96. The largest absolute Gasteiger partial charge is 0.481 e. The molecular formula is C11H20N2O4S3. The van der Waals surface area contributed by atoms with Crippen molar-refractivity contribution in [2.75, 3.05) is 36.9 Å². The fourth-order valence-corrected chi connectivity index (χ4v) is 6.36. The lowest BCUT2D eigenvalue weighted by Gasteiger charge is -2.30. The summed E-state index contributed by atoms with van der Waals surface area (Å²) in [6.07, 6.45) is 1.16. The van der Waals surface area contributed by atoms with Crippen molar-refractivity contribution in [2.45, 2.75) is 18.1 Å². The Hall–Kier alpha value is 0.0400. The summed E-state index contributed by atoms with van der Waals surface area (Å²) in [6, 6.07) is 0. The van der Waals surface area contributed by atoms with Crippen molar-refractivity contribution in [3.63, 3.8) is 0 Å². The number of carboxylic acid groups (broad SMARTS) is 1. The Morgan fingerprint density at radius 3 is 2.85 bits per heavy atom. The van der Waals surface area contributed by atoms with E-state index < -0.39 is 22.1 Å². The van der Waals surface area contributed by atoms with Crippen molar-refractivity contribution in [1.82, 2.24) is 9.03 Å². The van der Waals surface area contributed by atoms with Gasteiger partial charge >= 0.3 is 5.97 Å². The third-order valence-electron chi connectivity index (χ3n) is 3.45. The van der Waals surface area contributed by atoms with Gasteiger partial charge in [0.05, 0.1) is 5.92 Å². The van der Waals surface area contributed by atoms with Gasteiger partial charge in [0, 0.05) is 42.1 Å². The number of thioether (sulfide) groups is 2. The van der Waals surface area contributed by atoms with Crippen LogP contribution in [0.15, 0.2) is 0 Å². The molecule has 116 valence electrons.